The van der Waals surface area contributed by atoms with E-state index in [0.717, 1.165) is 11.1 Å². The van der Waals surface area contributed by atoms with Crippen LogP contribution in [0.3, 0.4) is 0 Å². The van der Waals surface area contributed by atoms with Crippen LogP contribution in [0.4, 0.5) is 5.69 Å². The first-order valence-electron chi connectivity index (χ1n) is 6.55. The molecule has 0 saturated carbocycles. The van der Waals surface area contributed by atoms with Gasteiger partial charge in [-0.15, -0.1) is 0 Å². The highest BCUT2D eigenvalue weighted by Gasteiger charge is 2.16. The number of nitriles is 1. The lowest BCUT2D eigenvalue weighted by atomic mass is 10.1. The van der Waals surface area contributed by atoms with E-state index < -0.39 is 0 Å². The van der Waals surface area contributed by atoms with E-state index in [9.17, 15) is 4.79 Å². The number of hydrogen-bond acceptors (Lipinski definition) is 2. The number of carbonyl (C=O) groups is 1. The smallest absolute Gasteiger partial charge is 0.274 e. The van der Waals surface area contributed by atoms with Crippen molar-refractivity contribution in [3.8, 4) is 6.07 Å². The summed E-state index contributed by atoms with van der Waals surface area (Å²) in [5.74, 6) is -0.138. The quantitative estimate of drug-likeness (QED) is 0.780. The molecule has 102 valence electrons. The van der Waals surface area contributed by atoms with Gasteiger partial charge in [-0.2, -0.15) is 5.26 Å². The summed E-state index contributed by atoms with van der Waals surface area (Å²) in [7, 11) is 1.73. The fourth-order valence-corrected chi connectivity index (χ4v) is 2.31. The van der Waals surface area contributed by atoms with Crippen molar-refractivity contribution in [1.82, 2.24) is 4.98 Å². The highest BCUT2D eigenvalue weighted by Crippen LogP contribution is 2.21. The Balaban J connectivity index is 2.01. The summed E-state index contributed by atoms with van der Waals surface area (Å²) in [6.07, 6.45) is 0. The zero-order valence-electron chi connectivity index (χ0n) is 11.5. The molecule has 4 heteroatoms. The van der Waals surface area contributed by atoms with Crippen LogP contribution < -0.4 is 4.90 Å². The van der Waals surface area contributed by atoms with Crippen LogP contribution >= 0.6 is 0 Å². The second-order valence-electron chi connectivity index (χ2n) is 4.76. The van der Waals surface area contributed by atoms with Crippen molar-refractivity contribution < 1.29 is 4.79 Å². The van der Waals surface area contributed by atoms with Crippen molar-refractivity contribution in [3.63, 3.8) is 0 Å². The number of fused-ring (bicyclic) bond motifs is 1. The van der Waals surface area contributed by atoms with Gasteiger partial charge in [0.05, 0.1) is 11.1 Å². The van der Waals surface area contributed by atoms with Gasteiger partial charge < -0.3 is 9.88 Å². The highest BCUT2D eigenvalue weighted by molar-refractivity contribution is 6.07. The van der Waals surface area contributed by atoms with Gasteiger partial charge in [-0.25, -0.2) is 0 Å². The first-order chi connectivity index (χ1) is 10.2. The van der Waals surface area contributed by atoms with Crippen LogP contribution in [0.25, 0.3) is 10.9 Å². The van der Waals surface area contributed by atoms with Crippen molar-refractivity contribution in [1.29, 1.82) is 5.26 Å². The Morgan fingerprint density at radius 2 is 1.90 bits per heavy atom. The van der Waals surface area contributed by atoms with E-state index in [0.29, 0.717) is 16.8 Å². The van der Waals surface area contributed by atoms with Gasteiger partial charge in [-0.05, 0) is 24.3 Å². The molecule has 0 fully saturated rings. The van der Waals surface area contributed by atoms with Gasteiger partial charge in [-0.1, -0.05) is 30.3 Å². The number of H-pyrrole nitrogens is 1. The first-order valence-corrected chi connectivity index (χ1v) is 6.55. The Bertz CT molecular complexity index is 843. The number of benzene rings is 2. The molecule has 0 aliphatic heterocycles. The van der Waals surface area contributed by atoms with Gasteiger partial charge in [0.1, 0.15) is 11.8 Å². The van der Waals surface area contributed by atoms with Gasteiger partial charge >= 0.3 is 0 Å². The molecule has 3 aromatic rings. The topological polar surface area (TPSA) is 59.9 Å². The lowest BCUT2D eigenvalue weighted by Crippen LogP contribution is -2.26. The van der Waals surface area contributed by atoms with Crippen LogP contribution in [0.1, 0.15) is 16.1 Å². The van der Waals surface area contributed by atoms with Crippen LogP contribution in [-0.4, -0.2) is 17.9 Å². The Hall–Kier alpha value is -3.06. The zero-order chi connectivity index (χ0) is 14.8. The van der Waals surface area contributed by atoms with E-state index >= 15 is 0 Å². The molecule has 2 aromatic carbocycles. The highest BCUT2D eigenvalue weighted by atomic mass is 16.2. The Morgan fingerprint density at radius 1 is 1.14 bits per heavy atom. The Morgan fingerprint density at radius 3 is 2.62 bits per heavy atom. The standard InChI is InChI=1S/C17H13N3O/c1-20(14-8-3-2-4-9-14)17(21)15-10-12-6-5-7-13(11-18)16(12)19-15/h2-10,19H,1H3. The lowest BCUT2D eigenvalue weighted by Gasteiger charge is -2.16. The largest absolute Gasteiger partial charge is 0.349 e. The molecule has 21 heavy (non-hydrogen) atoms. The summed E-state index contributed by atoms with van der Waals surface area (Å²) in [6.45, 7) is 0. The van der Waals surface area contributed by atoms with Crippen molar-refractivity contribution in [2.24, 2.45) is 0 Å². The van der Waals surface area contributed by atoms with E-state index in [1.165, 1.54) is 0 Å². The number of rotatable bonds is 2. The number of hydrogen-bond donors (Lipinski definition) is 1. The molecule has 0 spiro atoms. The zero-order valence-corrected chi connectivity index (χ0v) is 11.5. The molecule has 1 amide bonds. The molecule has 0 atom stereocenters. The molecule has 0 aliphatic carbocycles. The Labute approximate surface area is 122 Å². The molecular weight excluding hydrogens is 262 g/mol. The van der Waals surface area contributed by atoms with Crippen LogP contribution in [0.15, 0.2) is 54.6 Å². The summed E-state index contributed by atoms with van der Waals surface area (Å²) < 4.78 is 0. The maximum Gasteiger partial charge on any atom is 0.274 e. The maximum atomic E-state index is 12.5. The predicted octanol–water partition coefficient (Wildman–Crippen LogP) is 3.32. The molecule has 0 saturated heterocycles. The molecule has 3 rings (SSSR count). The lowest BCUT2D eigenvalue weighted by molar-refractivity contribution is 0.0989. The molecule has 4 nitrogen and oxygen atoms in total. The number of aromatic nitrogens is 1. The predicted molar refractivity (Wildman–Crippen MR) is 82.2 cm³/mol. The van der Waals surface area contributed by atoms with E-state index in [1.54, 1.807) is 24.1 Å². The van der Waals surface area contributed by atoms with E-state index in [1.807, 2.05) is 42.5 Å². The Kier molecular flexibility index (Phi) is 3.17. The second kappa shape index (κ2) is 5.14. The third-order valence-electron chi connectivity index (χ3n) is 3.46. The molecule has 1 N–H and O–H groups in total. The van der Waals surface area contributed by atoms with Crippen LogP contribution in [0.2, 0.25) is 0 Å². The van der Waals surface area contributed by atoms with Crippen LogP contribution in [-0.2, 0) is 0 Å². The number of aromatic amines is 1. The summed E-state index contributed by atoms with van der Waals surface area (Å²) >= 11 is 0. The van der Waals surface area contributed by atoms with Crippen LogP contribution in [0.5, 0.6) is 0 Å². The molecule has 1 aromatic heterocycles. The molecule has 1 heterocycles. The molecule has 0 bridgehead atoms. The van der Waals surface area contributed by atoms with Crippen LogP contribution in [0, 0.1) is 11.3 Å². The minimum absolute atomic E-state index is 0.138. The maximum absolute atomic E-state index is 12.5. The minimum atomic E-state index is -0.138. The number of anilines is 1. The van der Waals surface area contributed by atoms with Gasteiger partial charge in [0.15, 0.2) is 0 Å². The molecule has 0 radical (unpaired) electrons. The third kappa shape index (κ3) is 2.26. The SMILES string of the molecule is CN(C(=O)c1cc2cccc(C#N)c2[nH]1)c1ccccc1. The number of nitrogens with zero attached hydrogens (tertiary/aromatic N) is 2. The van der Waals surface area contributed by atoms with Gasteiger partial charge in [0.2, 0.25) is 0 Å². The molecular formula is C17H13N3O. The van der Waals surface area contributed by atoms with E-state index in [4.69, 9.17) is 5.26 Å². The average Bonchev–Trinajstić information content (AvgIpc) is 2.98. The summed E-state index contributed by atoms with van der Waals surface area (Å²) in [6, 6.07) is 18.8. The number of para-hydroxylation sites is 2. The number of carbonyl (C=O) groups excluding carboxylic acids is 1. The number of nitrogens with one attached hydrogen (secondary N) is 1. The fourth-order valence-electron chi connectivity index (χ4n) is 2.31. The molecule has 0 unspecified atom stereocenters. The normalized spacial score (nSPS) is 10.3. The van der Waals surface area contributed by atoms with Crippen molar-refractivity contribution in [2.75, 3.05) is 11.9 Å². The van der Waals surface area contributed by atoms with Gasteiger partial charge in [0, 0.05) is 18.1 Å². The van der Waals surface area contributed by atoms with Crippen molar-refractivity contribution in [3.05, 3.63) is 65.9 Å². The second-order valence-corrected chi connectivity index (χ2v) is 4.76. The summed E-state index contributed by atoms with van der Waals surface area (Å²) in [4.78, 5) is 17.2. The van der Waals surface area contributed by atoms with E-state index in [-0.39, 0.29) is 5.91 Å². The summed E-state index contributed by atoms with van der Waals surface area (Å²) in [5.41, 5.74) is 2.53. The first kappa shape index (κ1) is 12.9. The van der Waals surface area contributed by atoms with Gasteiger partial charge in [0.25, 0.3) is 5.91 Å². The number of amides is 1. The average molecular weight is 275 g/mol. The van der Waals surface area contributed by atoms with Crippen molar-refractivity contribution >= 4 is 22.5 Å². The van der Waals surface area contributed by atoms with Crippen molar-refractivity contribution in [2.45, 2.75) is 0 Å². The van der Waals surface area contributed by atoms with Gasteiger partial charge in [-0.3, -0.25) is 4.79 Å². The third-order valence-corrected chi connectivity index (χ3v) is 3.46. The summed E-state index contributed by atoms with van der Waals surface area (Å²) in [5, 5.41) is 9.97. The van der Waals surface area contributed by atoms with E-state index in [2.05, 4.69) is 11.1 Å². The molecule has 0 aliphatic rings. The minimum Gasteiger partial charge on any atom is -0.349 e. The fraction of sp³-hybridized carbons (Fsp3) is 0.0588. The monoisotopic (exact) mass is 275 g/mol.